The third-order valence-electron chi connectivity index (χ3n) is 2.25. The summed E-state index contributed by atoms with van der Waals surface area (Å²) in [5, 5.41) is 8.66. The van der Waals surface area contributed by atoms with Crippen molar-refractivity contribution >= 4 is 0 Å². The first-order chi connectivity index (χ1) is 6.25. The molecule has 2 heteroatoms. The fourth-order valence-corrected chi connectivity index (χ4v) is 1.70. The van der Waals surface area contributed by atoms with Crippen LogP contribution in [0.5, 0.6) is 0 Å². The number of hydrogen-bond acceptors (Lipinski definition) is 2. The van der Waals surface area contributed by atoms with Crippen LogP contribution in [0.3, 0.4) is 0 Å². The standard InChI is InChI=1S/C11H18O2/c1-9(2)11(13-8-7-12)10-5-3-4-6-10/h12H,1,3-8H2,2H3. The van der Waals surface area contributed by atoms with Crippen LogP contribution in [0, 0.1) is 0 Å². The molecule has 1 fully saturated rings. The first-order valence-corrected chi connectivity index (χ1v) is 4.87. The van der Waals surface area contributed by atoms with Crippen molar-refractivity contribution in [1.29, 1.82) is 0 Å². The summed E-state index contributed by atoms with van der Waals surface area (Å²) in [6.07, 6.45) is 4.78. The van der Waals surface area contributed by atoms with E-state index in [4.69, 9.17) is 9.84 Å². The molecule has 1 aliphatic carbocycles. The van der Waals surface area contributed by atoms with Gasteiger partial charge in [-0.3, -0.25) is 0 Å². The van der Waals surface area contributed by atoms with Crippen molar-refractivity contribution in [3.05, 3.63) is 23.5 Å². The molecule has 1 N–H and O–H groups in total. The van der Waals surface area contributed by atoms with E-state index in [0.717, 1.165) is 24.2 Å². The average Bonchev–Trinajstić information content (AvgIpc) is 2.57. The van der Waals surface area contributed by atoms with Gasteiger partial charge in [0, 0.05) is 0 Å². The van der Waals surface area contributed by atoms with Crippen LogP contribution < -0.4 is 0 Å². The Hall–Kier alpha value is -0.760. The van der Waals surface area contributed by atoms with Crippen LogP contribution in [0.15, 0.2) is 23.5 Å². The summed E-state index contributed by atoms with van der Waals surface area (Å²) in [6, 6.07) is 0. The lowest BCUT2D eigenvalue weighted by Crippen LogP contribution is -2.02. The van der Waals surface area contributed by atoms with Crippen molar-refractivity contribution in [2.75, 3.05) is 13.2 Å². The minimum absolute atomic E-state index is 0.0735. The van der Waals surface area contributed by atoms with Crippen LogP contribution in [0.4, 0.5) is 0 Å². The maximum Gasteiger partial charge on any atom is 0.120 e. The molecular weight excluding hydrogens is 164 g/mol. The molecule has 0 aromatic rings. The first-order valence-electron chi connectivity index (χ1n) is 4.87. The molecule has 0 saturated heterocycles. The van der Waals surface area contributed by atoms with E-state index in [2.05, 4.69) is 6.58 Å². The lowest BCUT2D eigenvalue weighted by atomic mass is 10.1. The summed E-state index contributed by atoms with van der Waals surface area (Å²) in [4.78, 5) is 0. The van der Waals surface area contributed by atoms with Crippen LogP contribution in [-0.4, -0.2) is 18.3 Å². The fraction of sp³-hybridized carbons (Fsp3) is 0.636. The molecule has 0 unspecified atom stereocenters. The Balaban J connectivity index is 2.65. The Bertz CT molecular complexity index is 208. The van der Waals surface area contributed by atoms with Crippen molar-refractivity contribution < 1.29 is 9.84 Å². The second-order valence-corrected chi connectivity index (χ2v) is 3.49. The third-order valence-corrected chi connectivity index (χ3v) is 2.25. The van der Waals surface area contributed by atoms with E-state index >= 15 is 0 Å². The highest BCUT2D eigenvalue weighted by atomic mass is 16.5. The van der Waals surface area contributed by atoms with E-state index in [0.29, 0.717) is 6.61 Å². The van der Waals surface area contributed by atoms with Crippen molar-refractivity contribution in [2.45, 2.75) is 32.6 Å². The Labute approximate surface area is 79.9 Å². The van der Waals surface area contributed by atoms with E-state index < -0.39 is 0 Å². The fourth-order valence-electron chi connectivity index (χ4n) is 1.70. The quantitative estimate of drug-likeness (QED) is 0.676. The second-order valence-electron chi connectivity index (χ2n) is 3.49. The number of allylic oxidation sites excluding steroid dienone is 2. The van der Waals surface area contributed by atoms with Gasteiger partial charge in [-0.2, -0.15) is 0 Å². The summed E-state index contributed by atoms with van der Waals surface area (Å²) in [7, 11) is 0. The molecule has 0 aromatic carbocycles. The molecule has 13 heavy (non-hydrogen) atoms. The Morgan fingerprint density at radius 2 is 2.08 bits per heavy atom. The molecule has 0 spiro atoms. The van der Waals surface area contributed by atoms with Gasteiger partial charge < -0.3 is 9.84 Å². The summed E-state index contributed by atoms with van der Waals surface area (Å²) in [6.45, 7) is 6.30. The van der Waals surface area contributed by atoms with Crippen LogP contribution in [-0.2, 0) is 4.74 Å². The van der Waals surface area contributed by atoms with Crippen LogP contribution in [0.1, 0.15) is 32.6 Å². The zero-order chi connectivity index (χ0) is 9.68. The zero-order valence-corrected chi connectivity index (χ0v) is 8.31. The van der Waals surface area contributed by atoms with E-state index in [1.807, 2.05) is 6.92 Å². The van der Waals surface area contributed by atoms with Gasteiger partial charge in [-0.25, -0.2) is 0 Å². The van der Waals surface area contributed by atoms with Gasteiger partial charge in [0.05, 0.1) is 6.61 Å². The lowest BCUT2D eigenvalue weighted by Gasteiger charge is -2.12. The maximum absolute atomic E-state index is 8.66. The normalized spacial score (nSPS) is 16.0. The molecule has 1 saturated carbocycles. The number of aliphatic hydroxyl groups is 1. The summed E-state index contributed by atoms with van der Waals surface area (Å²) in [5.74, 6) is 0.937. The highest BCUT2D eigenvalue weighted by Gasteiger charge is 2.14. The Morgan fingerprint density at radius 3 is 2.54 bits per heavy atom. The van der Waals surface area contributed by atoms with E-state index in [-0.39, 0.29) is 6.61 Å². The first kappa shape index (κ1) is 10.3. The molecule has 2 nitrogen and oxygen atoms in total. The number of rotatable bonds is 4. The average molecular weight is 182 g/mol. The molecule has 0 aliphatic heterocycles. The van der Waals surface area contributed by atoms with Crippen LogP contribution >= 0.6 is 0 Å². The third kappa shape index (κ3) is 2.88. The highest BCUT2D eigenvalue weighted by Crippen LogP contribution is 2.29. The minimum atomic E-state index is 0.0735. The highest BCUT2D eigenvalue weighted by molar-refractivity contribution is 5.28. The number of aliphatic hydroxyl groups excluding tert-OH is 1. The topological polar surface area (TPSA) is 29.5 Å². The van der Waals surface area contributed by atoms with Crippen LogP contribution in [0.2, 0.25) is 0 Å². The van der Waals surface area contributed by atoms with Crippen molar-refractivity contribution in [3.63, 3.8) is 0 Å². The molecule has 0 aromatic heterocycles. The van der Waals surface area contributed by atoms with E-state index in [1.54, 1.807) is 0 Å². The summed E-state index contributed by atoms with van der Waals surface area (Å²) < 4.78 is 5.47. The summed E-state index contributed by atoms with van der Waals surface area (Å²) >= 11 is 0. The SMILES string of the molecule is C=C(C)C(OCCO)=C1CCCC1. The largest absolute Gasteiger partial charge is 0.491 e. The smallest absolute Gasteiger partial charge is 0.120 e. The number of hydrogen-bond donors (Lipinski definition) is 1. The van der Waals surface area contributed by atoms with Gasteiger partial charge in [0.15, 0.2) is 0 Å². The molecule has 1 aliphatic rings. The van der Waals surface area contributed by atoms with Gasteiger partial charge in [-0.15, -0.1) is 0 Å². The molecule has 0 atom stereocenters. The molecule has 74 valence electrons. The van der Waals surface area contributed by atoms with Crippen molar-refractivity contribution in [3.8, 4) is 0 Å². The Morgan fingerprint density at radius 1 is 1.46 bits per heavy atom. The van der Waals surface area contributed by atoms with Crippen molar-refractivity contribution in [1.82, 2.24) is 0 Å². The molecular formula is C11H18O2. The van der Waals surface area contributed by atoms with Gasteiger partial charge in [-0.1, -0.05) is 6.58 Å². The molecule has 0 amide bonds. The van der Waals surface area contributed by atoms with Gasteiger partial charge in [-0.05, 0) is 43.8 Å². The monoisotopic (exact) mass is 182 g/mol. The lowest BCUT2D eigenvalue weighted by molar-refractivity contribution is 0.147. The Kier molecular flexibility index (Phi) is 4.03. The molecule has 0 bridgehead atoms. The van der Waals surface area contributed by atoms with Crippen LogP contribution in [0.25, 0.3) is 0 Å². The molecule has 0 heterocycles. The zero-order valence-electron chi connectivity index (χ0n) is 8.31. The molecule has 0 radical (unpaired) electrons. The van der Waals surface area contributed by atoms with E-state index in [1.165, 1.54) is 18.4 Å². The van der Waals surface area contributed by atoms with Gasteiger partial charge in [0.25, 0.3) is 0 Å². The van der Waals surface area contributed by atoms with Gasteiger partial charge in [0.1, 0.15) is 12.4 Å². The maximum atomic E-state index is 8.66. The second kappa shape index (κ2) is 5.07. The summed E-state index contributed by atoms with van der Waals surface area (Å²) in [5.41, 5.74) is 2.35. The van der Waals surface area contributed by atoms with Gasteiger partial charge >= 0.3 is 0 Å². The van der Waals surface area contributed by atoms with Gasteiger partial charge in [0.2, 0.25) is 0 Å². The predicted molar refractivity (Wildman–Crippen MR) is 53.3 cm³/mol. The molecule has 1 rings (SSSR count). The predicted octanol–water partition coefficient (Wildman–Crippen LogP) is 2.40. The van der Waals surface area contributed by atoms with Crippen molar-refractivity contribution in [2.24, 2.45) is 0 Å². The minimum Gasteiger partial charge on any atom is -0.491 e. The van der Waals surface area contributed by atoms with E-state index in [9.17, 15) is 0 Å². The number of ether oxygens (including phenoxy) is 1.